The van der Waals surface area contributed by atoms with Crippen molar-refractivity contribution < 1.29 is 9.59 Å². The van der Waals surface area contributed by atoms with Gasteiger partial charge in [-0.3, -0.25) is 9.59 Å². The number of nitrogens with one attached hydrogen (secondary N) is 1. The van der Waals surface area contributed by atoms with Gasteiger partial charge in [0.05, 0.1) is 0 Å². The van der Waals surface area contributed by atoms with Gasteiger partial charge in [0.1, 0.15) is 0 Å². The lowest BCUT2D eigenvalue weighted by atomic mass is 10.1. The van der Waals surface area contributed by atoms with Crippen LogP contribution in [0.2, 0.25) is 5.02 Å². The first-order chi connectivity index (χ1) is 13.0. The minimum absolute atomic E-state index is 0.00363. The van der Waals surface area contributed by atoms with E-state index in [1.165, 1.54) is 0 Å². The first-order valence-electron chi connectivity index (χ1n) is 9.43. The second-order valence-electron chi connectivity index (χ2n) is 7.06. The van der Waals surface area contributed by atoms with E-state index in [-0.39, 0.29) is 11.8 Å². The molecule has 0 aliphatic carbocycles. The van der Waals surface area contributed by atoms with Gasteiger partial charge in [-0.15, -0.1) is 0 Å². The molecule has 2 aromatic carbocycles. The fraction of sp³-hybridized carbons (Fsp3) is 0.364. The SMILES string of the molecule is Cc1ccc(CCC(=O)NCc2ccc(C(=O)N3CCCC3)cc2)cc1Cl. The summed E-state index contributed by atoms with van der Waals surface area (Å²) in [5.74, 6) is 0.101. The summed E-state index contributed by atoms with van der Waals surface area (Å²) in [6, 6.07) is 13.4. The summed E-state index contributed by atoms with van der Waals surface area (Å²) in [4.78, 5) is 26.3. The lowest BCUT2D eigenvalue weighted by molar-refractivity contribution is -0.121. The molecule has 0 spiro atoms. The van der Waals surface area contributed by atoms with Crippen molar-refractivity contribution in [3.8, 4) is 0 Å². The van der Waals surface area contributed by atoms with Gasteiger partial charge in [0.15, 0.2) is 0 Å². The molecule has 1 N–H and O–H groups in total. The minimum Gasteiger partial charge on any atom is -0.352 e. The maximum atomic E-state index is 12.3. The van der Waals surface area contributed by atoms with Crippen LogP contribution in [0.5, 0.6) is 0 Å². The fourth-order valence-corrected chi connectivity index (χ4v) is 3.41. The molecular formula is C22H25ClN2O2. The molecule has 1 saturated heterocycles. The van der Waals surface area contributed by atoms with Crippen LogP contribution >= 0.6 is 11.6 Å². The standard InChI is InChI=1S/C22H25ClN2O2/c1-16-4-5-17(14-20(16)23)8-11-21(26)24-15-18-6-9-19(10-7-18)22(27)25-12-2-3-13-25/h4-7,9-10,14H,2-3,8,11-13,15H2,1H3,(H,24,26). The monoisotopic (exact) mass is 384 g/mol. The third-order valence-corrected chi connectivity index (χ3v) is 5.37. The van der Waals surface area contributed by atoms with E-state index in [9.17, 15) is 9.59 Å². The Morgan fingerprint density at radius 2 is 1.70 bits per heavy atom. The third kappa shape index (κ3) is 5.33. The molecule has 2 aromatic rings. The van der Waals surface area contributed by atoms with Gasteiger partial charge in [0.25, 0.3) is 5.91 Å². The highest BCUT2D eigenvalue weighted by Crippen LogP contribution is 2.18. The number of halogens is 1. The van der Waals surface area contributed by atoms with Crippen LogP contribution in [0.25, 0.3) is 0 Å². The zero-order valence-electron chi connectivity index (χ0n) is 15.6. The summed E-state index contributed by atoms with van der Waals surface area (Å²) in [6.45, 7) is 4.13. The molecule has 1 heterocycles. The molecule has 3 rings (SSSR count). The summed E-state index contributed by atoms with van der Waals surface area (Å²) in [5.41, 5.74) is 3.80. The van der Waals surface area contributed by atoms with Crippen LogP contribution in [0.4, 0.5) is 0 Å². The van der Waals surface area contributed by atoms with Gasteiger partial charge in [-0.05, 0) is 61.1 Å². The van der Waals surface area contributed by atoms with Crippen molar-refractivity contribution in [3.63, 3.8) is 0 Å². The second kappa shape index (κ2) is 9.05. The van der Waals surface area contributed by atoms with Crippen molar-refractivity contribution in [2.45, 2.75) is 39.2 Å². The largest absolute Gasteiger partial charge is 0.352 e. The summed E-state index contributed by atoms with van der Waals surface area (Å²) < 4.78 is 0. The van der Waals surface area contributed by atoms with Gasteiger partial charge in [-0.25, -0.2) is 0 Å². The van der Waals surface area contributed by atoms with E-state index < -0.39 is 0 Å². The summed E-state index contributed by atoms with van der Waals surface area (Å²) >= 11 is 6.12. The topological polar surface area (TPSA) is 49.4 Å². The average molecular weight is 385 g/mol. The first-order valence-corrected chi connectivity index (χ1v) is 9.80. The Morgan fingerprint density at radius 3 is 2.37 bits per heavy atom. The quantitative estimate of drug-likeness (QED) is 0.813. The van der Waals surface area contributed by atoms with Crippen molar-refractivity contribution in [2.24, 2.45) is 0 Å². The van der Waals surface area contributed by atoms with Crippen molar-refractivity contribution in [3.05, 3.63) is 69.7 Å². The van der Waals surface area contributed by atoms with Crippen LogP contribution in [0.3, 0.4) is 0 Å². The fourth-order valence-electron chi connectivity index (χ4n) is 3.21. The molecule has 2 amide bonds. The normalized spacial score (nSPS) is 13.6. The van der Waals surface area contributed by atoms with Gasteiger partial charge < -0.3 is 10.2 Å². The smallest absolute Gasteiger partial charge is 0.253 e. The first kappa shape index (κ1) is 19.4. The van der Waals surface area contributed by atoms with Gasteiger partial charge in [-0.1, -0.05) is 35.9 Å². The third-order valence-electron chi connectivity index (χ3n) is 4.96. The van der Waals surface area contributed by atoms with Gasteiger partial charge >= 0.3 is 0 Å². The molecule has 1 fully saturated rings. The van der Waals surface area contributed by atoms with Crippen LogP contribution in [0.15, 0.2) is 42.5 Å². The lowest BCUT2D eigenvalue weighted by Gasteiger charge is -2.15. The number of hydrogen-bond acceptors (Lipinski definition) is 2. The second-order valence-corrected chi connectivity index (χ2v) is 7.46. The molecule has 0 atom stereocenters. The lowest BCUT2D eigenvalue weighted by Crippen LogP contribution is -2.27. The van der Waals surface area contributed by atoms with Crippen LogP contribution in [-0.2, 0) is 17.8 Å². The Morgan fingerprint density at radius 1 is 1.04 bits per heavy atom. The summed E-state index contributed by atoms with van der Waals surface area (Å²) in [5, 5.41) is 3.66. The number of amides is 2. The molecule has 0 unspecified atom stereocenters. The minimum atomic E-state index is 0.00363. The van der Waals surface area contributed by atoms with Crippen molar-refractivity contribution in [1.29, 1.82) is 0 Å². The Labute approximate surface area is 165 Å². The molecule has 0 bridgehead atoms. The zero-order valence-corrected chi connectivity index (χ0v) is 16.4. The molecule has 27 heavy (non-hydrogen) atoms. The van der Waals surface area contributed by atoms with Crippen LogP contribution < -0.4 is 5.32 Å². The van der Waals surface area contributed by atoms with E-state index >= 15 is 0 Å². The van der Waals surface area contributed by atoms with Gasteiger partial charge in [0.2, 0.25) is 5.91 Å². The Balaban J connectivity index is 1.45. The molecule has 1 aliphatic rings. The van der Waals surface area contributed by atoms with Crippen molar-refractivity contribution in [2.75, 3.05) is 13.1 Å². The van der Waals surface area contributed by atoms with Crippen molar-refractivity contribution in [1.82, 2.24) is 10.2 Å². The average Bonchev–Trinajstić information content (AvgIpc) is 3.22. The van der Waals surface area contributed by atoms with Gasteiger partial charge in [0, 0.05) is 36.6 Å². The molecule has 4 nitrogen and oxygen atoms in total. The molecule has 1 aliphatic heterocycles. The number of aryl methyl sites for hydroxylation is 2. The van der Waals surface area contributed by atoms with Crippen LogP contribution in [0, 0.1) is 6.92 Å². The predicted molar refractivity (Wildman–Crippen MR) is 108 cm³/mol. The Hall–Kier alpha value is -2.33. The summed E-state index contributed by atoms with van der Waals surface area (Å²) in [7, 11) is 0. The molecule has 5 heteroatoms. The number of hydrogen-bond donors (Lipinski definition) is 1. The van der Waals surface area contributed by atoms with Crippen LogP contribution in [0.1, 0.15) is 46.3 Å². The van der Waals surface area contributed by atoms with E-state index in [0.29, 0.717) is 24.9 Å². The molecule has 142 valence electrons. The molecule has 0 radical (unpaired) electrons. The number of likely N-dealkylation sites (tertiary alicyclic amines) is 1. The maximum absolute atomic E-state index is 12.3. The Kier molecular flexibility index (Phi) is 6.51. The summed E-state index contributed by atoms with van der Waals surface area (Å²) in [6.07, 6.45) is 3.26. The number of carbonyl (C=O) groups is 2. The number of benzene rings is 2. The molecule has 0 aromatic heterocycles. The van der Waals surface area contributed by atoms with Gasteiger partial charge in [-0.2, -0.15) is 0 Å². The highest BCUT2D eigenvalue weighted by Gasteiger charge is 2.19. The van der Waals surface area contributed by atoms with E-state index in [1.54, 1.807) is 0 Å². The zero-order chi connectivity index (χ0) is 19.2. The Bertz CT molecular complexity index is 812. The number of carbonyl (C=O) groups excluding carboxylic acids is 2. The maximum Gasteiger partial charge on any atom is 0.253 e. The molecular weight excluding hydrogens is 360 g/mol. The number of rotatable bonds is 6. The van der Waals surface area contributed by atoms with E-state index in [2.05, 4.69) is 5.32 Å². The predicted octanol–water partition coefficient (Wildman–Crippen LogP) is 4.13. The van der Waals surface area contributed by atoms with E-state index in [0.717, 1.165) is 47.6 Å². The molecule has 0 saturated carbocycles. The highest BCUT2D eigenvalue weighted by molar-refractivity contribution is 6.31. The van der Waals surface area contributed by atoms with E-state index in [4.69, 9.17) is 11.6 Å². The number of nitrogens with zero attached hydrogens (tertiary/aromatic N) is 1. The van der Waals surface area contributed by atoms with Crippen molar-refractivity contribution >= 4 is 23.4 Å². The van der Waals surface area contributed by atoms with E-state index in [1.807, 2.05) is 54.3 Å². The highest BCUT2D eigenvalue weighted by atomic mass is 35.5. The van der Waals surface area contributed by atoms with Crippen LogP contribution in [-0.4, -0.2) is 29.8 Å².